The van der Waals surface area contributed by atoms with Crippen LogP contribution in [0.4, 0.5) is 10.6 Å². The summed E-state index contributed by atoms with van der Waals surface area (Å²) in [6.07, 6.45) is 6.63. The Kier molecular flexibility index (Phi) is 10.5. The van der Waals surface area contributed by atoms with Crippen LogP contribution in [0.5, 0.6) is 0 Å². The van der Waals surface area contributed by atoms with Gasteiger partial charge in [-0.05, 0) is 90.3 Å². The number of amides is 1. The topological polar surface area (TPSA) is 105 Å². The molecule has 0 saturated carbocycles. The minimum Gasteiger partial charge on any atom is -0.444 e. The van der Waals surface area contributed by atoms with E-state index in [2.05, 4.69) is 66.1 Å². The molecule has 0 radical (unpaired) electrons. The summed E-state index contributed by atoms with van der Waals surface area (Å²) in [5.41, 5.74) is 4.32. The van der Waals surface area contributed by atoms with Crippen molar-refractivity contribution in [3.8, 4) is 17.2 Å². The van der Waals surface area contributed by atoms with Gasteiger partial charge < -0.3 is 19.3 Å². The van der Waals surface area contributed by atoms with Crippen LogP contribution in [-0.4, -0.2) is 85.9 Å². The molecule has 0 aliphatic carbocycles. The highest BCUT2D eigenvalue weighted by atomic mass is 35.5. The van der Waals surface area contributed by atoms with E-state index in [1.165, 1.54) is 5.56 Å². The number of carbonyl (C=O) groups excluding carboxylic acids is 1. The highest BCUT2D eigenvalue weighted by Gasteiger charge is 2.42. The van der Waals surface area contributed by atoms with Gasteiger partial charge >= 0.3 is 6.09 Å². The van der Waals surface area contributed by atoms with Crippen molar-refractivity contribution in [2.24, 2.45) is 0 Å². The summed E-state index contributed by atoms with van der Waals surface area (Å²) in [5, 5.41) is 22.9. The molecule has 3 aliphatic heterocycles. The number of rotatable bonds is 7. The van der Waals surface area contributed by atoms with Gasteiger partial charge in [0.2, 0.25) is 0 Å². The quantitative estimate of drug-likeness (QED) is 0.186. The summed E-state index contributed by atoms with van der Waals surface area (Å²) in [6, 6.07) is 15.2. The molecule has 53 heavy (non-hydrogen) atoms. The van der Waals surface area contributed by atoms with Gasteiger partial charge in [0.15, 0.2) is 12.0 Å². The lowest BCUT2D eigenvalue weighted by Crippen LogP contribution is -2.60. The number of halogens is 1. The first-order valence-electron chi connectivity index (χ1n) is 19.2. The molecule has 3 saturated heterocycles. The van der Waals surface area contributed by atoms with E-state index in [1.807, 2.05) is 43.3 Å². The lowest BCUT2D eigenvalue weighted by atomic mass is 9.90. The van der Waals surface area contributed by atoms with Gasteiger partial charge in [-0.25, -0.2) is 14.2 Å². The van der Waals surface area contributed by atoms with E-state index in [0.717, 1.165) is 85.3 Å². The van der Waals surface area contributed by atoms with E-state index in [-0.39, 0.29) is 23.9 Å². The Morgan fingerprint density at radius 2 is 1.83 bits per heavy atom. The molecule has 11 nitrogen and oxygen atoms in total. The number of aromatic nitrogens is 4. The van der Waals surface area contributed by atoms with Gasteiger partial charge in [0.25, 0.3) is 0 Å². The average Bonchev–Trinajstić information content (AvgIpc) is 3.74. The first-order valence-corrected chi connectivity index (χ1v) is 19.6. The van der Waals surface area contributed by atoms with Gasteiger partial charge in [-0.1, -0.05) is 48.9 Å². The molecule has 7 rings (SSSR count). The van der Waals surface area contributed by atoms with Crippen molar-refractivity contribution >= 4 is 34.4 Å². The Morgan fingerprint density at radius 3 is 2.49 bits per heavy atom. The molecule has 2 aromatic carbocycles. The van der Waals surface area contributed by atoms with Gasteiger partial charge in [-0.15, -0.1) is 0 Å². The van der Waals surface area contributed by atoms with E-state index < -0.39 is 5.60 Å². The molecule has 3 fully saturated rings. The van der Waals surface area contributed by atoms with Crippen LogP contribution in [0, 0.1) is 18.3 Å². The number of hydrogen-bond acceptors (Lipinski definition) is 8. The number of piperazine rings is 1. The predicted molar refractivity (Wildman–Crippen MR) is 208 cm³/mol. The molecule has 5 heterocycles. The number of nitrogens with zero attached hydrogens (tertiary/aromatic N) is 8. The second-order valence-electron chi connectivity index (χ2n) is 16.2. The van der Waals surface area contributed by atoms with Gasteiger partial charge in [-0.2, -0.15) is 15.5 Å². The monoisotopic (exact) mass is 740 g/mol. The van der Waals surface area contributed by atoms with Crippen LogP contribution in [0.3, 0.4) is 0 Å². The molecular weight excluding hydrogens is 688 g/mol. The molecule has 4 aromatic rings. The third kappa shape index (κ3) is 7.38. The molecule has 2 aromatic heterocycles. The SMILES string of the molecule is CC[C@@]1(C)CN(Cc2ccccc2)CCN1c1nn(C2CCN(C(=O)OC(C)(C)C)CC2)c(C#N)c1-c1c(Cl)c(C)cc2c1cnn2C1CCCCO1. The molecule has 0 spiro atoms. The van der Waals surface area contributed by atoms with Crippen LogP contribution < -0.4 is 4.90 Å². The normalized spacial score (nSPS) is 22.0. The summed E-state index contributed by atoms with van der Waals surface area (Å²) in [5.74, 6) is 0.773. The minimum absolute atomic E-state index is 0.0828. The highest BCUT2D eigenvalue weighted by molar-refractivity contribution is 6.36. The number of ether oxygens (including phenoxy) is 2. The summed E-state index contributed by atoms with van der Waals surface area (Å²) in [4.78, 5) is 19.7. The molecule has 1 unspecified atom stereocenters. The maximum atomic E-state index is 13.0. The standard InChI is InChI=1S/C41H53ClN8O3/c1-7-41(6)27-46(26-29-13-9-8-10-14-29)20-21-48(41)38-36(33(24-43)49(45-38)30-16-18-47(19-17-30)39(51)53-40(3,4)5)35-31-25-44-50(34-15-11-12-22-52-34)32(31)23-28(2)37(35)42/h8-10,13-14,23,25,30,34H,7,11-12,15-22,26-27H2,1-6H3/t34?,41-/m0/s1. The average molecular weight is 741 g/mol. The number of nitriles is 1. The molecule has 0 bridgehead atoms. The largest absolute Gasteiger partial charge is 0.444 e. The number of likely N-dealkylation sites (tertiary alicyclic amines) is 1. The van der Waals surface area contributed by atoms with Crippen LogP contribution in [0.25, 0.3) is 22.0 Å². The van der Waals surface area contributed by atoms with E-state index in [9.17, 15) is 10.1 Å². The van der Waals surface area contributed by atoms with Crippen LogP contribution in [0.1, 0.15) is 102 Å². The van der Waals surface area contributed by atoms with E-state index in [4.69, 9.17) is 31.3 Å². The molecule has 2 atom stereocenters. The molecular formula is C41H53ClN8O3. The Morgan fingerprint density at radius 1 is 1.08 bits per heavy atom. The van der Waals surface area contributed by atoms with Crippen molar-refractivity contribution in [1.29, 1.82) is 5.26 Å². The molecule has 282 valence electrons. The fraction of sp³-hybridized carbons (Fsp3) is 0.561. The number of carbonyl (C=O) groups is 1. The van der Waals surface area contributed by atoms with Crippen molar-refractivity contribution in [3.63, 3.8) is 0 Å². The third-order valence-corrected chi connectivity index (χ3v) is 11.8. The lowest BCUT2D eigenvalue weighted by molar-refractivity contribution is -0.0366. The summed E-state index contributed by atoms with van der Waals surface area (Å²) >= 11 is 7.36. The van der Waals surface area contributed by atoms with Crippen molar-refractivity contribution in [3.05, 3.63) is 64.4 Å². The van der Waals surface area contributed by atoms with Crippen molar-refractivity contribution < 1.29 is 14.3 Å². The first-order chi connectivity index (χ1) is 25.4. The summed E-state index contributed by atoms with van der Waals surface area (Å²) in [6.45, 7) is 17.3. The van der Waals surface area contributed by atoms with Gasteiger partial charge in [0.1, 0.15) is 17.4 Å². The maximum absolute atomic E-state index is 13.0. The number of piperidine rings is 1. The predicted octanol–water partition coefficient (Wildman–Crippen LogP) is 8.50. The van der Waals surface area contributed by atoms with Gasteiger partial charge in [-0.3, -0.25) is 4.90 Å². The Hall–Kier alpha value is -4.11. The van der Waals surface area contributed by atoms with Crippen molar-refractivity contribution in [2.45, 2.75) is 110 Å². The fourth-order valence-corrected chi connectivity index (χ4v) is 8.56. The van der Waals surface area contributed by atoms with E-state index in [0.29, 0.717) is 43.3 Å². The molecule has 1 amide bonds. The zero-order valence-electron chi connectivity index (χ0n) is 32.1. The van der Waals surface area contributed by atoms with Crippen LogP contribution in [-0.2, 0) is 16.0 Å². The maximum Gasteiger partial charge on any atom is 0.410 e. The fourth-order valence-electron chi connectivity index (χ4n) is 8.31. The third-order valence-electron chi connectivity index (χ3n) is 11.3. The zero-order chi connectivity index (χ0) is 37.5. The lowest BCUT2D eigenvalue weighted by Gasteiger charge is -2.49. The Bertz CT molecular complexity index is 1980. The van der Waals surface area contributed by atoms with Crippen molar-refractivity contribution in [2.75, 3.05) is 44.2 Å². The van der Waals surface area contributed by atoms with Crippen molar-refractivity contribution in [1.82, 2.24) is 29.4 Å². The smallest absolute Gasteiger partial charge is 0.410 e. The molecule has 0 N–H and O–H groups in total. The summed E-state index contributed by atoms with van der Waals surface area (Å²) < 4.78 is 15.8. The van der Waals surface area contributed by atoms with Gasteiger partial charge in [0, 0.05) is 56.8 Å². The van der Waals surface area contributed by atoms with Crippen LogP contribution in [0.15, 0.2) is 42.6 Å². The van der Waals surface area contributed by atoms with E-state index >= 15 is 0 Å². The second kappa shape index (κ2) is 15.0. The zero-order valence-corrected chi connectivity index (χ0v) is 32.8. The Labute approximate surface area is 318 Å². The number of aryl methyl sites for hydroxylation is 1. The highest BCUT2D eigenvalue weighted by Crippen LogP contribution is 2.47. The number of hydrogen-bond donors (Lipinski definition) is 0. The second-order valence-corrected chi connectivity index (χ2v) is 16.6. The van der Waals surface area contributed by atoms with E-state index in [1.54, 1.807) is 4.90 Å². The number of fused-ring (bicyclic) bond motifs is 1. The molecule has 3 aliphatic rings. The Balaban J connectivity index is 1.33. The number of benzene rings is 2. The summed E-state index contributed by atoms with van der Waals surface area (Å²) in [7, 11) is 0. The van der Waals surface area contributed by atoms with Gasteiger partial charge in [0.05, 0.1) is 33.9 Å². The first kappa shape index (κ1) is 37.2. The van der Waals surface area contributed by atoms with Crippen LogP contribution >= 0.6 is 11.6 Å². The molecule has 12 heteroatoms. The minimum atomic E-state index is -0.569. The number of anilines is 1. The van der Waals surface area contributed by atoms with Crippen LogP contribution in [0.2, 0.25) is 5.02 Å².